The van der Waals surface area contributed by atoms with E-state index in [0.29, 0.717) is 0 Å². The molecule has 0 aliphatic heterocycles. The second-order valence-electron chi connectivity index (χ2n) is 5.83. The summed E-state index contributed by atoms with van der Waals surface area (Å²) in [6.07, 6.45) is 0. The van der Waals surface area contributed by atoms with E-state index in [1.165, 1.54) is 0 Å². The highest BCUT2D eigenvalue weighted by Crippen LogP contribution is 2.30. The van der Waals surface area contributed by atoms with Crippen molar-refractivity contribution in [1.82, 2.24) is 10.6 Å². The third kappa shape index (κ3) is 4.49. The normalized spacial score (nSPS) is 10.3. The Morgan fingerprint density at radius 2 is 0.867 bits per heavy atom. The first-order valence-corrected chi connectivity index (χ1v) is 8.10. The average Bonchev–Trinajstić information content (AvgIpc) is 2.67. The molecule has 0 atom stereocenters. The van der Waals surface area contributed by atoms with Gasteiger partial charge in [-0.15, -0.1) is 0 Å². The van der Waals surface area contributed by atoms with E-state index in [2.05, 4.69) is 0 Å². The fourth-order valence-electron chi connectivity index (χ4n) is 2.73. The molecule has 156 valence electrons. The van der Waals surface area contributed by atoms with Crippen LogP contribution in [0.15, 0.2) is 24.3 Å². The molecule has 0 radical (unpaired) electrons. The van der Waals surface area contributed by atoms with Crippen molar-refractivity contribution in [3.8, 4) is 0 Å². The van der Waals surface area contributed by atoms with Gasteiger partial charge >= 0.3 is 23.9 Å². The Morgan fingerprint density at radius 3 is 1.13 bits per heavy atom. The molecule has 0 saturated carbocycles. The fraction of sp³-hybridized carbons (Fsp3) is 0.111. The number of amides is 2. The van der Waals surface area contributed by atoms with Gasteiger partial charge in [-0.3, -0.25) is 19.2 Å². The molecule has 12 nitrogen and oxygen atoms in total. The maximum atomic E-state index is 12.4. The van der Waals surface area contributed by atoms with Crippen LogP contribution in [0.5, 0.6) is 0 Å². The molecule has 0 spiro atoms. The van der Waals surface area contributed by atoms with Crippen molar-refractivity contribution >= 4 is 46.5 Å². The summed E-state index contributed by atoms with van der Waals surface area (Å²) in [4.78, 5) is 69.6. The standard InChI is InChI=1S/C18H14N2O10/c21-11(22)5-19-15(25)7-1-2-8(16(26)20-6-12(23)24)14-10(18(29)30)4-3-9(13(7)14)17(27)28/h1-4H,5-6H2,(H,19,25)(H,20,26)(H,21,22)(H,23,24)(H,27,28)(H,29,30). The minimum Gasteiger partial charge on any atom is -0.480 e. The number of aromatic carboxylic acids is 2. The van der Waals surface area contributed by atoms with Crippen LogP contribution in [0.3, 0.4) is 0 Å². The molecule has 0 unspecified atom stereocenters. The summed E-state index contributed by atoms with van der Waals surface area (Å²) in [5.41, 5.74) is -1.77. The van der Waals surface area contributed by atoms with E-state index in [1.807, 2.05) is 10.6 Å². The molecule has 0 aliphatic carbocycles. The van der Waals surface area contributed by atoms with Crippen molar-refractivity contribution in [3.05, 3.63) is 46.5 Å². The second kappa shape index (κ2) is 8.68. The molecule has 2 aromatic carbocycles. The predicted octanol–water partition coefficient (Wildman–Crippen LogP) is -0.135. The number of carbonyl (C=O) groups excluding carboxylic acids is 2. The SMILES string of the molecule is O=C(O)CNC(=O)c1ccc(C(=O)NCC(=O)O)c2c(C(=O)O)ccc(C(=O)O)c12. The van der Waals surface area contributed by atoms with Crippen LogP contribution in [0.25, 0.3) is 10.8 Å². The smallest absolute Gasteiger partial charge is 0.336 e. The quantitative estimate of drug-likeness (QED) is 0.334. The van der Waals surface area contributed by atoms with Crippen LogP contribution in [-0.2, 0) is 9.59 Å². The van der Waals surface area contributed by atoms with Gasteiger partial charge in [-0.2, -0.15) is 0 Å². The van der Waals surface area contributed by atoms with Gasteiger partial charge in [-0.05, 0) is 24.3 Å². The number of hydrogen-bond acceptors (Lipinski definition) is 6. The van der Waals surface area contributed by atoms with Crippen LogP contribution in [0.2, 0.25) is 0 Å². The Balaban J connectivity index is 2.84. The van der Waals surface area contributed by atoms with Gasteiger partial charge in [0.2, 0.25) is 0 Å². The van der Waals surface area contributed by atoms with Gasteiger partial charge in [0.15, 0.2) is 0 Å². The lowest BCUT2D eigenvalue weighted by molar-refractivity contribution is -0.136. The molecule has 0 saturated heterocycles. The Labute approximate surface area is 166 Å². The second-order valence-corrected chi connectivity index (χ2v) is 5.83. The number of benzene rings is 2. The molecule has 0 bridgehead atoms. The molecule has 0 fully saturated rings. The monoisotopic (exact) mass is 418 g/mol. The van der Waals surface area contributed by atoms with E-state index in [-0.39, 0.29) is 11.1 Å². The van der Waals surface area contributed by atoms with Crippen molar-refractivity contribution in [2.75, 3.05) is 13.1 Å². The van der Waals surface area contributed by atoms with E-state index >= 15 is 0 Å². The molecule has 30 heavy (non-hydrogen) atoms. The van der Waals surface area contributed by atoms with Crippen LogP contribution in [0.1, 0.15) is 41.4 Å². The average molecular weight is 418 g/mol. The highest BCUT2D eigenvalue weighted by molar-refractivity contribution is 6.23. The van der Waals surface area contributed by atoms with E-state index in [1.54, 1.807) is 0 Å². The molecule has 0 aromatic heterocycles. The van der Waals surface area contributed by atoms with Gasteiger partial charge in [-0.25, -0.2) is 9.59 Å². The Kier molecular flexibility index (Phi) is 6.32. The molecule has 2 amide bonds. The zero-order valence-electron chi connectivity index (χ0n) is 15.0. The number of carbonyl (C=O) groups is 6. The maximum absolute atomic E-state index is 12.4. The number of aliphatic carboxylic acids is 2. The van der Waals surface area contributed by atoms with Gasteiger partial charge in [0.1, 0.15) is 13.1 Å². The first-order valence-electron chi connectivity index (χ1n) is 8.10. The van der Waals surface area contributed by atoms with E-state index in [4.69, 9.17) is 10.2 Å². The molecule has 0 heterocycles. The number of rotatable bonds is 8. The van der Waals surface area contributed by atoms with E-state index in [9.17, 15) is 39.0 Å². The van der Waals surface area contributed by atoms with Crippen molar-refractivity contribution in [1.29, 1.82) is 0 Å². The number of carboxylic acids is 4. The summed E-state index contributed by atoms with van der Waals surface area (Å²) in [7, 11) is 0. The topological polar surface area (TPSA) is 207 Å². The van der Waals surface area contributed by atoms with Gasteiger partial charge in [-0.1, -0.05) is 0 Å². The van der Waals surface area contributed by atoms with E-state index in [0.717, 1.165) is 24.3 Å². The maximum Gasteiger partial charge on any atom is 0.336 e. The van der Waals surface area contributed by atoms with Crippen LogP contribution in [0.4, 0.5) is 0 Å². The van der Waals surface area contributed by atoms with Crippen LogP contribution in [-0.4, -0.2) is 69.2 Å². The van der Waals surface area contributed by atoms with Crippen molar-refractivity contribution < 1.29 is 49.2 Å². The number of carboxylic acid groups (broad SMARTS) is 4. The lowest BCUT2D eigenvalue weighted by Crippen LogP contribution is -2.31. The minimum absolute atomic E-state index is 0.374. The predicted molar refractivity (Wildman–Crippen MR) is 97.8 cm³/mol. The van der Waals surface area contributed by atoms with Crippen LogP contribution in [0, 0.1) is 0 Å². The molecular weight excluding hydrogens is 404 g/mol. The largest absolute Gasteiger partial charge is 0.480 e. The van der Waals surface area contributed by atoms with Gasteiger partial charge in [0.05, 0.1) is 11.1 Å². The molecular formula is C18H14N2O10. The number of fused-ring (bicyclic) bond motifs is 1. The molecule has 2 rings (SSSR count). The van der Waals surface area contributed by atoms with Gasteiger partial charge in [0.25, 0.3) is 11.8 Å². The highest BCUT2D eigenvalue weighted by atomic mass is 16.4. The minimum atomic E-state index is -1.53. The summed E-state index contributed by atoms with van der Waals surface area (Å²) in [6.45, 7) is -1.58. The van der Waals surface area contributed by atoms with Crippen molar-refractivity contribution in [3.63, 3.8) is 0 Å². The summed E-state index contributed by atoms with van der Waals surface area (Å²) in [5.74, 6) is -7.83. The van der Waals surface area contributed by atoms with Gasteiger partial charge < -0.3 is 31.1 Å². The van der Waals surface area contributed by atoms with E-state index < -0.39 is 70.7 Å². The lowest BCUT2D eigenvalue weighted by atomic mass is 9.91. The van der Waals surface area contributed by atoms with Crippen molar-refractivity contribution in [2.24, 2.45) is 0 Å². The lowest BCUT2D eigenvalue weighted by Gasteiger charge is -2.15. The zero-order valence-corrected chi connectivity index (χ0v) is 15.0. The summed E-state index contributed by atoms with van der Waals surface area (Å²) >= 11 is 0. The third-order valence-corrected chi connectivity index (χ3v) is 3.91. The molecule has 6 N–H and O–H groups in total. The first-order chi connectivity index (χ1) is 14.0. The molecule has 12 heteroatoms. The Bertz CT molecular complexity index is 1020. The molecule has 2 aromatic rings. The number of hydrogen-bond donors (Lipinski definition) is 6. The van der Waals surface area contributed by atoms with Gasteiger partial charge in [0, 0.05) is 21.9 Å². The summed E-state index contributed by atoms with van der Waals surface area (Å²) < 4.78 is 0. The number of nitrogens with one attached hydrogen (secondary N) is 2. The highest BCUT2D eigenvalue weighted by Gasteiger charge is 2.25. The fourth-order valence-corrected chi connectivity index (χ4v) is 2.73. The Morgan fingerprint density at radius 1 is 0.567 bits per heavy atom. The first kappa shape index (κ1) is 21.8. The molecule has 0 aliphatic rings. The Hall–Kier alpha value is -4.48. The zero-order chi connectivity index (χ0) is 22.6. The summed E-state index contributed by atoms with van der Waals surface area (Å²) in [6, 6.07) is 3.91. The van der Waals surface area contributed by atoms with Crippen LogP contribution < -0.4 is 10.6 Å². The van der Waals surface area contributed by atoms with Crippen LogP contribution >= 0.6 is 0 Å². The summed E-state index contributed by atoms with van der Waals surface area (Å²) in [5, 5.41) is 39.7. The van der Waals surface area contributed by atoms with Crippen molar-refractivity contribution in [2.45, 2.75) is 0 Å². The third-order valence-electron chi connectivity index (χ3n) is 3.91.